The van der Waals surface area contributed by atoms with Crippen molar-refractivity contribution in [3.63, 3.8) is 0 Å². The molecule has 1 atom stereocenters. The molecule has 1 aliphatic rings. The molecule has 0 bridgehead atoms. The lowest BCUT2D eigenvalue weighted by atomic mass is 10.1. The zero-order chi connectivity index (χ0) is 15.8. The number of carbonyl (C=O) groups excluding carboxylic acids is 1. The summed E-state index contributed by atoms with van der Waals surface area (Å²) in [5.74, 6) is 1.03. The van der Waals surface area contributed by atoms with E-state index in [0.29, 0.717) is 26.4 Å². The van der Waals surface area contributed by atoms with Crippen LogP contribution in [0.5, 0.6) is 5.75 Å². The summed E-state index contributed by atoms with van der Waals surface area (Å²) < 4.78 is 11.1. The van der Waals surface area contributed by atoms with Gasteiger partial charge in [0.25, 0.3) is 0 Å². The third-order valence-electron chi connectivity index (χ3n) is 3.80. The van der Waals surface area contributed by atoms with Gasteiger partial charge in [0.2, 0.25) is 5.91 Å². The average molecular weight is 306 g/mol. The molecule has 5 nitrogen and oxygen atoms in total. The molecule has 1 fully saturated rings. The van der Waals surface area contributed by atoms with E-state index in [-0.39, 0.29) is 11.8 Å². The van der Waals surface area contributed by atoms with E-state index in [9.17, 15) is 4.79 Å². The van der Waals surface area contributed by atoms with Crippen LogP contribution in [0.25, 0.3) is 0 Å². The Labute approximate surface area is 132 Å². The number of benzene rings is 1. The van der Waals surface area contributed by atoms with Gasteiger partial charge in [0.1, 0.15) is 12.4 Å². The molecule has 1 heterocycles. The summed E-state index contributed by atoms with van der Waals surface area (Å²) in [5, 5.41) is 6.22. The molecule has 22 heavy (non-hydrogen) atoms. The molecule has 2 rings (SSSR count). The molecule has 122 valence electrons. The van der Waals surface area contributed by atoms with E-state index in [1.54, 1.807) is 0 Å². The summed E-state index contributed by atoms with van der Waals surface area (Å²) in [5.41, 5.74) is 2.14. The van der Waals surface area contributed by atoms with E-state index in [1.807, 2.05) is 32.0 Å². The zero-order valence-corrected chi connectivity index (χ0v) is 13.5. The lowest BCUT2D eigenvalue weighted by Gasteiger charge is -2.14. The second-order valence-electron chi connectivity index (χ2n) is 5.56. The van der Waals surface area contributed by atoms with Gasteiger partial charge in [-0.25, -0.2) is 0 Å². The fraction of sp³-hybridized carbons (Fsp3) is 0.588. The zero-order valence-electron chi connectivity index (χ0n) is 13.5. The predicted octanol–water partition coefficient (Wildman–Crippen LogP) is 1.64. The Kier molecular flexibility index (Phi) is 6.68. The highest BCUT2D eigenvalue weighted by Gasteiger charge is 2.22. The molecular formula is C17H26N2O3. The van der Waals surface area contributed by atoms with Crippen LogP contribution in [-0.4, -0.2) is 38.8 Å². The fourth-order valence-electron chi connectivity index (χ4n) is 2.50. The Bertz CT molecular complexity index is 485. The van der Waals surface area contributed by atoms with Crippen molar-refractivity contribution in [2.75, 3.05) is 32.9 Å². The summed E-state index contributed by atoms with van der Waals surface area (Å²) in [6.07, 6.45) is 0.914. The van der Waals surface area contributed by atoms with Crippen molar-refractivity contribution in [3.8, 4) is 5.75 Å². The highest BCUT2D eigenvalue weighted by atomic mass is 16.5. The summed E-state index contributed by atoms with van der Waals surface area (Å²) >= 11 is 0. The van der Waals surface area contributed by atoms with Gasteiger partial charge in [-0.05, 0) is 38.4 Å². The maximum Gasteiger partial charge on any atom is 0.224 e. The van der Waals surface area contributed by atoms with Crippen LogP contribution in [0, 0.1) is 12.8 Å². The lowest BCUT2D eigenvalue weighted by molar-refractivity contribution is -0.124. The monoisotopic (exact) mass is 306 g/mol. The van der Waals surface area contributed by atoms with Gasteiger partial charge in [0.05, 0.1) is 12.5 Å². The SMILES string of the molecule is CCOCCOc1cc(C)ccc1CNC(=O)C1CCNC1. The van der Waals surface area contributed by atoms with Crippen molar-refractivity contribution < 1.29 is 14.3 Å². The summed E-state index contributed by atoms with van der Waals surface area (Å²) in [7, 11) is 0. The summed E-state index contributed by atoms with van der Waals surface area (Å²) in [4.78, 5) is 12.1. The van der Waals surface area contributed by atoms with Crippen molar-refractivity contribution in [2.45, 2.75) is 26.8 Å². The minimum atomic E-state index is 0.0905. The van der Waals surface area contributed by atoms with E-state index in [1.165, 1.54) is 0 Å². The van der Waals surface area contributed by atoms with Gasteiger partial charge >= 0.3 is 0 Å². The van der Waals surface area contributed by atoms with Crippen LogP contribution in [0.4, 0.5) is 0 Å². The molecule has 0 aliphatic carbocycles. The molecule has 0 radical (unpaired) electrons. The van der Waals surface area contributed by atoms with Crippen LogP contribution in [0.1, 0.15) is 24.5 Å². The predicted molar refractivity (Wildman–Crippen MR) is 86.0 cm³/mol. The van der Waals surface area contributed by atoms with Crippen LogP contribution >= 0.6 is 0 Å². The number of hydrogen-bond acceptors (Lipinski definition) is 4. The minimum absolute atomic E-state index is 0.0905. The second kappa shape index (κ2) is 8.76. The van der Waals surface area contributed by atoms with Gasteiger partial charge in [-0.15, -0.1) is 0 Å². The van der Waals surface area contributed by atoms with Crippen LogP contribution in [0.2, 0.25) is 0 Å². The Balaban J connectivity index is 1.89. The number of amides is 1. The van der Waals surface area contributed by atoms with E-state index in [4.69, 9.17) is 9.47 Å². The van der Waals surface area contributed by atoms with Crippen molar-refractivity contribution in [2.24, 2.45) is 5.92 Å². The van der Waals surface area contributed by atoms with Gasteiger partial charge < -0.3 is 20.1 Å². The van der Waals surface area contributed by atoms with Crippen LogP contribution in [-0.2, 0) is 16.1 Å². The lowest BCUT2D eigenvalue weighted by Crippen LogP contribution is -2.31. The number of ether oxygens (including phenoxy) is 2. The maximum absolute atomic E-state index is 12.1. The molecule has 1 aliphatic heterocycles. The molecule has 1 unspecified atom stereocenters. The first-order valence-electron chi connectivity index (χ1n) is 7.99. The van der Waals surface area contributed by atoms with E-state index in [2.05, 4.69) is 10.6 Å². The quantitative estimate of drug-likeness (QED) is 0.717. The third-order valence-corrected chi connectivity index (χ3v) is 3.80. The van der Waals surface area contributed by atoms with Gasteiger partial charge in [-0.3, -0.25) is 4.79 Å². The van der Waals surface area contributed by atoms with Gasteiger partial charge in [-0.2, -0.15) is 0 Å². The Morgan fingerprint density at radius 3 is 3.00 bits per heavy atom. The van der Waals surface area contributed by atoms with Crippen molar-refractivity contribution in [1.29, 1.82) is 0 Å². The first-order valence-corrected chi connectivity index (χ1v) is 7.99. The van der Waals surface area contributed by atoms with Crippen molar-refractivity contribution in [3.05, 3.63) is 29.3 Å². The van der Waals surface area contributed by atoms with Gasteiger partial charge in [-0.1, -0.05) is 12.1 Å². The van der Waals surface area contributed by atoms with Gasteiger partial charge in [0.15, 0.2) is 0 Å². The van der Waals surface area contributed by atoms with Crippen molar-refractivity contribution >= 4 is 5.91 Å². The number of nitrogens with one attached hydrogen (secondary N) is 2. The number of aryl methyl sites for hydroxylation is 1. The Morgan fingerprint density at radius 1 is 1.41 bits per heavy atom. The maximum atomic E-state index is 12.1. The Morgan fingerprint density at radius 2 is 2.27 bits per heavy atom. The molecule has 0 saturated carbocycles. The second-order valence-corrected chi connectivity index (χ2v) is 5.56. The van der Waals surface area contributed by atoms with E-state index < -0.39 is 0 Å². The molecular weight excluding hydrogens is 280 g/mol. The average Bonchev–Trinajstić information content (AvgIpc) is 3.05. The summed E-state index contributed by atoms with van der Waals surface area (Å²) in [6, 6.07) is 6.05. The smallest absolute Gasteiger partial charge is 0.224 e. The number of rotatable bonds is 8. The van der Waals surface area contributed by atoms with E-state index >= 15 is 0 Å². The normalized spacial score (nSPS) is 17.5. The molecule has 5 heteroatoms. The third kappa shape index (κ3) is 5.00. The first kappa shape index (κ1) is 16.8. The van der Waals surface area contributed by atoms with Crippen LogP contribution < -0.4 is 15.4 Å². The first-order chi connectivity index (χ1) is 10.7. The Hall–Kier alpha value is -1.59. The molecule has 0 spiro atoms. The highest BCUT2D eigenvalue weighted by molar-refractivity contribution is 5.79. The molecule has 1 aromatic carbocycles. The molecule has 0 aromatic heterocycles. The number of carbonyl (C=O) groups is 1. The number of hydrogen-bond donors (Lipinski definition) is 2. The fourth-order valence-corrected chi connectivity index (χ4v) is 2.50. The van der Waals surface area contributed by atoms with Gasteiger partial charge in [0, 0.05) is 25.3 Å². The topological polar surface area (TPSA) is 59.6 Å². The van der Waals surface area contributed by atoms with Crippen LogP contribution in [0.15, 0.2) is 18.2 Å². The van der Waals surface area contributed by atoms with Crippen LogP contribution in [0.3, 0.4) is 0 Å². The minimum Gasteiger partial charge on any atom is -0.491 e. The molecule has 1 saturated heterocycles. The highest BCUT2D eigenvalue weighted by Crippen LogP contribution is 2.20. The molecule has 2 N–H and O–H groups in total. The van der Waals surface area contributed by atoms with Crippen molar-refractivity contribution in [1.82, 2.24) is 10.6 Å². The van der Waals surface area contributed by atoms with E-state index in [0.717, 1.165) is 36.4 Å². The summed E-state index contributed by atoms with van der Waals surface area (Å²) in [6.45, 7) is 7.98. The largest absolute Gasteiger partial charge is 0.491 e. The standard InChI is InChI=1S/C17H26N2O3/c1-3-21-8-9-22-16-10-13(2)4-5-14(16)12-19-17(20)15-6-7-18-11-15/h4-5,10,15,18H,3,6-9,11-12H2,1-2H3,(H,19,20). The molecule has 1 aromatic rings. The molecule has 1 amide bonds.